The second-order valence-electron chi connectivity index (χ2n) is 5.90. The smallest absolute Gasteiger partial charge is 0.270 e. The van der Waals surface area contributed by atoms with Gasteiger partial charge >= 0.3 is 0 Å². The first-order valence-corrected chi connectivity index (χ1v) is 8.24. The van der Waals surface area contributed by atoms with E-state index in [9.17, 15) is 4.79 Å². The number of nitrogens with zero attached hydrogens (tertiary/aromatic N) is 2. The Hall–Kier alpha value is -2.47. The van der Waals surface area contributed by atoms with E-state index in [1.165, 1.54) is 0 Å². The van der Waals surface area contributed by atoms with Crippen molar-refractivity contribution in [1.29, 1.82) is 0 Å². The Kier molecular flexibility index (Phi) is 5.38. The van der Waals surface area contributed by atoms with Gasteiger partial charge in [0.2, 0.25) is 5.95 Å². The predicted molar refractivity (Wildman–Crippen MR) is 91.8 cm³/mol. The Morgan fingerprint density at radius 1 is 1.29 bits per heavy atom. The molecule has 0 saturated carbocycles. The van der Waals surface area contributed by atoms with Crippen molar-refractivity contribution in [3.63, 3.8) is 0 Å². The molecule has 1 aromatic carbocycles. The molecular formula is C18H22N4O2. The van der Waals surface area contributed by atoms with Gasteiger partial charge in [0.05, 0.1) is 6.10 Å². The van der Waals surface area contributed by atoms with Crippen molar-refractivity contribution in [2.75, 3.05) is 18.5 Å². The van der Waals surface area contributed by atoms with Crippen molar-refractivity contribution >= 4 is 11.9 Å². The molecule has 0 spiro atoms. The van der Waals surface area contributed by atoms with E-state index in [2.05, 4.69) is 20.6 Å². The maximum atomic E-state index is 12.3. The largest absolute Gasteiger partial charge is 0.376 e. The summed E-state index contributed by atoms with van der Waals surface area (Å²) in [5.41, 5.74) is 2.17. The normalized spacial score (nSPS) is 16.8. The molecule has 1 aliphatic rings. The number of carbonyl (C=O) groups is 1. The summed E-state index contributed by atoms with van der Waals surface area (Å²) in [6.45, 7) is 3.80. The SMILES string of the molecule is Cc1cc(C(=O)NCc2ccccc2)nc(NCC2CCCO2)n1. The third-order valence-corrected chi connectivity index (χ3v) is 3.89. The summed E-state index contributed by atoms with van der Waals surface area (Å²) >= 11 is 0. The molecule has 1 atom stereocenters. The molecule has 1 unspecified atom stereocenters. The van der Waals surface area contributed by atoms with Gasteiger partial charge in [-0.15, -0.1) is 0 Å². The Balaban J connectivity index is 1.60. The minimum Gasteiger partial charge on any atom is -0.376 e. The van der Waals surface area contributed by atoms with Crippen molar-refractivity contribution in [3.8, 4) is 0 Å². The Morgan fingerprint density at radius 3 is 2.88 bits per heavy atom. The highest BCUT2D eigenvalue weighted by Crippen LogP contribution is 2.13. The molecule has 2 N–H and O–H groups in total. The van der Waals surface area contributed by atoms with Gasteiger partial charge in [-0.1, -0.05) is 30.3 Å². The second kappa shape index (κ2) is 7.88. The number of hydrogen-bond acceptors (Lipinski definition) is 5. The molecule has 1 fully saturated rings. The number of aromatic nitrogens is 2. The van der Waals surface area contributed by atoms with E-state index in [0.29, 0.717) is 24.7 Å². The summed E-state index contributed by atoms with van der Waals surface area (Å²) in [5.74, 6) is 0.264. The van der Waals surface area contributed by atoms with Gasteiger partial charge in [0, 0.05) is 25.4 Å². The lowest BCUT2D eigenvalue weighted by molar-refractivity contribution is 0.0945. The topological polar surface area (TPSA) is 76.1 Å². The first kappa shape index (κ1) is 16.4. The van der Waals surface area contributed by atoms with Gasteiger partial charge in [-0.25, -0.2) is 9.97 Å². The Labute approximate surface area is 141 Å². The summed E-state index contributed by atoms with van der Waals surface area (Å²) < 4.78 is 5.57. The van der Waals surface area contributed by atoms with E-state index in [-0.39, 0.29) is 12.0 Å². The monoisotopic (exact) mass is 326 g/mol. The zero-order valence-electron chi connectivity index (χ0n) is 13.8. The number of hydrogen-bond donors (Lipinski definition) is 2. The fourth-order valence-corrected chi connectivity index (χ4v) is 2.64. The van der Waals surface area contributed by atoms with Crippen LogP contribution in [0.5, 0.6) is 0 Å². The summed E-state index contributed by atoms with van der Waals surface area (Å²) in [4.78, 5) is 21.0. The lowest BCUT2D eigenvalue weighted by atomic mass is 10.2. The van der Waals surface area contributed by atoms with Crippen LogP contribution in [0.3, 0.4) is 0 Å². The number of amides is 1. The number of aryl methyl sites for hydroxylation is 1. The van der Waals surface area contributed by atoms with Crippen LogP contribution in [0.2, 0.25) is 0 Å². The maximum absolute atomic E-state index is 12.3. The highest BCUT2D eigenvalue weighted by atomic mass is 16.5. The van der Waals surface area contributed by atoms with E-state index < -0.39 is 0 Å². The molecule has 2 heterocycles. The van der Waals surface area contributed by atoms with Crippen LogP contribution in [0.1, 0.15) is 34.6 Å². The van der Waals surface area contributed by atoms with Crippen molar-refractivity contribution in [3.05, 3.63) is 53.3 Å². The van der Waals surface area contributed by atoms with Crippen LogP contribution in [0.25, 0.3) is 0 Å². The van der Waals surface area contributed by atoms with Gasteiger partial charge < -0.3 is 15.4 Å². The van der Waals surface area contributed by atoms with Gasteiger partial charge in [0.1, 0.15) is 5.69 Å². The summed E-state index contributed by atoms with van der Waals surface area (Å²) in [6.07, 6.45) is 2.33. The Bertz CT molecular complexity index is 685. The molecule has 3 rings (SSSR count). The van der Waals surface area contributed by atoms with E-state index >= 15 is 0 Å². The van der Waals surface area contributed by atoms with Gasteiger partial charge in [0.25, 0.3) is 5.91 Å². The van der Waals surface area contributed by atoms with Crippen molar-refractivity contribution in [2.45, 2.75) is 32.4 Å². The zero-order valence-corrected chi connectivity index (χ0v) is 13.8. The molecular weight excluding hydrogens is 304 g/mol. The summed E-state index contributed by atoms with van der Waals surface area (Å²) in [7, 11) is 0. The van der Waals surface area contributed by atoms with Crippen molar-refractivity contribution in [2.24, 2.45) is 0 Å². The molecule has 1 amide bonds. The predicted octanol–water partition coefficient (Wildman–Crippen LogP) is 2.31. The first-order chi connectivity index (χ1) is 11.7. The average Bonchev–Trinajstić information content (AvgIpc) is 3.12. The van der Waals surface area contributed by atoms with Crippen molar-refractivity contribution < 1.29 is 9.53 Å². The lowest BCUT2D eigenvalue weighted by Crippen LogP contribution is -2.25. The van der Waals surface area contributed by atoms with E-state index in [0.717, 1.165) is 30.7 Å². The molecule has 2 aromatic rings. The fraction of sp³-hybridized carbons (Fsp3) is 0.389. The molecule has 126 valence electrons. The summed E-state index contributed by atoms with van der Waals surface area (Å²) in [5, 5.41) is 6.05. The number of benzene rings is 1. The summed E-state index contributed by atoms with van der Waals surface area (Å²) in [6, 6.07) is 11.5. The van der Waals surface area contributed by atoms with E-state index in [4.69, 9.17) is 4.74 Å². The molecule has 1 aliphatic heterocycles. The molecule has 1 saturated heterocycles. The zero-order chi connectivity index (χ0) is 16.8. The first-order valence-electron chi connectivity index (χ1n) is 8.24. The van der Waals surface area contributed by atoms with Gasteiger partial charge in [-0.3, -0.25) is 4.79 Å². The highest BCUT2D eigenvalue weighted by Gasteiger charge is 2.16. The third-order valence-electron chi connectivity index (χ3n) is 3.89. The number of carbonyl (C=O) groups excluding carboxylic acids is 1. The van der Waals surface area contributed by atoms with Crippen LogP contribution >= 0.6 is 0 Å². The van der Waals surface area contributed by atoms with Gasteiger partial charge in [0.15, 0.2) is 0 Å². The molecule has 0 radical (unpaired) electrons. The van der Waals surface area contributed by atoms with Crippen LogP contribution in [-0.4, -0.2) is 35.1 Å². The molecule has 1 aromatic heterocycles. The standard InChI is InChI=1S/C18H22N4O2/c1-13-10-16(17(23)19-11-14-6-3-2-4-7-14)22-18(21-13)20-12-15-8-5-9-24-15/h2-4,6-7,10,15H,5,8-9,11-12H2,1H3,(H,19,23)(H,20,21,22). The molecule has 0 bridgehead atoms. The van der Waals surface area contributed by atoms with Crippen LogP contribution in [-0.2, 0) is 11.3 Å². The number of anilines is 1. The molecule has 24 heavy (non-hydrogen) atoms. The lowest BCUT2D eigenvalue weighted by Gasteiger charge is -2.12. The second-order valence-corrected chi connectivity index (χ2v) is 5.90. The fourth-order valence-electron chi connectivity index (χ4n) is 2.64. The Morgan fingerprint density at radius 2 is 2.12 bits per heavy atom. The molecule has 6 nitrogen and oxygen atoms in total. The van der Waals surface area contributed by atoms with Gasteiger partial charge in [-0.2, -0.15) is 0 Å². The van der Waals surface area contributed by atoms with Crippen LogP contribution in [0, 0.1) is 6.92 Å². The quantitative estimate of drug-likeness (QED) is 0.852. The maximum Gasteiger partial charge on any atom is 0.270 e. The number of ether oxygens (including phenoxy) is 1. The average molecular weight is 326 g/mol. The van der Waals surface area contributed by atoms with Crippen LogP contribution < -0.4 is 10.6 Å². The van der Waals surface area contributed by atoms with Crippen LogP contribution in [0.15, 0.2) is 36.4 Å². The molecule has 6 heteroatoms. The van der Waals surface area contributed by atoms with Crippen molar-refractivity contribution in [1.82, 2.24) is 15.3 Å². The molecule has 0 aliphatic carbocycles. The number of rotatable bonds is 6. The minimum atomic E-state index is -0.204. The number of nitrogens with one attached hydrogen (secondary N) is 2. The van der Waals surface area contributed by atoms with Crippen LogP contribution in [0.4, 0.5) is 5.95 Å². The minimum absolute atomic E-state index is 0.199. The van der Waals surface area contributed by atoms with E-state index in [1.807, 2.05) is 37.3 Å². The van der Waals surface area contributed by atoms with E-state index in [1.54, 1.807) is 6.07 Å². The highest BCUT2D eigenvalue weighted by molar-refractivity contribution is 5.92. The third kappa shape index (κ3) is 4.52. The van der Waals surface area contributed by atoms with Gasteiger partial charge in [-0.05, 0) is 31.4 Å².